The Kier molecular flexibility index (Phi) is 8.42. The lowest BCUT2D eigenvalue weighted by Gasteiger charge is -2.27. The molecule has 1 unspecified atom stereocenters. The van der Waals surface area contributed by atoms with Crippen LogP contribution in [0.1, 0.15) is 31.9 Å². The highest BCUT2D eigenvalue weighted by Gasteiger charge is 2.45. The van der Waals surface area contributed by atoms with Crippen molar-refractivity contribution in [3.8, 4) is 0 Å². The zero-order valence-electron chi connectivity index (χ0n) is 16.8. The van der Waals surface area contributed by atoms with Gasteiger partial charge in [-0.15, -0.1) is 0 Å². The minimum absolute atomic E-state index is 0.0577. The molecule has 2 rings (SSSR count). The highest BCUT2D eigenvalue weighted by molar-refractivity contribution is 7.85. The molecule has 5 nitrogen and oxygen atoms in total. The molecule has 7 heteroatoms. The van der Waals surface area contributed by atoms with E-state index in [1.54, 1.807) is 39.0 Å². The van der Waals surface area contributed by atoms with Gasteiger partial charge in [0.05, 0.1) is 19.8 Å². The van der Waals surface area contributed by atoms with E-state index >= 15 is 0 Å². The SMILES string of the molecule is CCOP(=O)(OCC)/C(=C\c1ccccc1)P(=O)(OCC)c1cccc(C)c1. The average Bonchev–Trinajstić information content (AvgIpc) is 2.67. The van der Waals surface area contributed by atoms with Crippen LogP contribution in [0.3, 0.4) is 0 Å². The third-order valence-electron chi connectivity index (χ3n) is 3.93. The Hall–Kier alpha value is -1.48. The Morgan fingerprint density at radius 3 is 2.00 bits per heavy atom. The monoisotopic (exact) mass is 422 g/mol. The first-order chi connectivity index (χ1) is 13.4. The fourth-order valence-electron chi connectivity index (χ4n) is 2.80. The molecule has 2 aromatic carbocycles. The number of hydrogen-bond donors (Lipinski definition) is 0. The maximum atomic E-state index is 14.2. The lowest BCUT2D eigenvalue weighted by molar-refractivity contribution is 0.227. The highest BCUT2D eigenvalue weighted by Crippen LogP contribution is 2.73. The normalized spacial score (nSPS) is 14.6. The van der Waals surface area contributed by atoms with Gasteiger partial charge in [0.1, 0.15) is 5.06 Å². The molecule has 0 aliphatic rings. The van der Waals surface area contributed by atoms with Crippen LogP contribution in [-0.4, -0.2) is 19.8 Å². The van der Waals surface area contributed by atoms with Gasteiger partial charge in [-0.25, -0.2) is 0 Å². The second kappa shape index (κ2) is 10.3. The number of benzene rings is 2. The lowest BCUT2D eigenvalue weighted by Crippen LogP contribution is -2.12. The van der Waals surface area contributed by atoms with Crippen molar-refractivity contribution in [1.29, 1.82) is 0 Å². The Morgan fingerprint density at radius 1 is 0.857 bits per heavy atom. The van der Waals surface area contributed by atoms with E-state index in [4.69, 9.17) is 13.6 Å². The van der Waals surface area contributed by atoms with Gasteiger partial charge in [0.2, 0.25) is 0 Å². The molecule has 0 fully saturated rings. The largest absolute Gasteiger partial charge is 0.367 e. The van der Waals surface area contributed by atoms with Gasteiger partial charge in [-0.1, -0.05) is 48.0 Å². The summed E-state index contributed by atoms with van der Waals surface area (Å²) in [6, 6.07) is 16.5. The van der Waals surface area contributed by atoms with Crippen molar-refractivity contribution in [2.24, 2.45) is 0 Å². The van der Waals surface area contributed by atoms with Crippen molar-refractivity contribution in [1.82, 2.24) is 0 Å². The molecule has 0 amide bonds. The van der Waals surface area contributed by atoms with Gasteiger partial charge >= 0.3 is 7.60 Å². The summed E-state index contributed by atoms with van der Waals surface area (Å²) in [5, 5.41) is 0.526. The van der Waals surface area contributed by atoms with Crippen LogP contribution in [0.25, 0.3) is 6.08 Å². The molecule has 0 N–H and O–H groups in total. The molecule has 2 aromatic rings. The Labute approximate surface area is 167 Å². The summed E-state index contributed by atoms with van der Waals surface area (Å²) in [6.45, 7) is 7.62. The lowest BCUT2D eigenvalue weighted by atomic mass is 10.2. The molecule has 0 saturated heterocycles. The summed E-state index contributed by atoms with van der Waals surface area (Å²) in [6.07, 6.45) is 1.62. The molecule has 0 aliphatic carbocycles. The van der Waals surface area contributed by atoms with Gasteiger partial charge < -0.3 is 13.6 Å². The van der Waals surface area contributed by atoms with Crippen LogP contribution in [0.5, 0.6) is 0 Å². The molecular formula is C21H28O5P2. The molecule has 0 heterocycles. The first-order valence-electron chi connectivity index (χ1n) is 9.38. The fourth-order valence-corrected chi connectivity index (χ4v) is 8.17. The van der Waals surface area contributed by atoms with Crippen molar-refractivity contribution in [2.45, 2.75) is 27.7 Å². The summed E-state index contributed by atoms with van der Waals surface area (Å²) in [5.74, 6) is 0. The molecule has 0 spiro atoms. The second-order valence-corrected chi connectivity index (χ2v) is 10.8. The van der Waals surface area contributed by atoms with Crippen LogP contribution in [0.4, 0.5) is 0 Å². The predicted octanol–water partition coefficient (Wildman–Crippen LogP) is 6.20. The average molecular weight is 422 g/mol. The number of aryl methyl sites for hydroxylation is 1. The first kappa shape index (κ1) is 22.8. The summed E-state index contributed by atoms with van der Waals surface area (Å²) in [5.41, 5.74) is 1.67. The maximum absolute atomic E-state index is 14.2. The van der Waals surface area contributed by atoms with Crippen LogP contribution in [-0.2, 0) is 22.7 Å². The van der Waals surface area contributed by atoms with Gasteiger partial charge in [0.15, 0.2) is 0 Å². The quantitative estimate of drug-likeness (QED) is 0.427. The minimum Gasteiger partial charge on any atom is -0.322 e. The summed E-state index contributed by atoms with van der Waals surface area (Å²) in [4.78, 5) is 0. The van der Waals surface area contributed by atoms with E-state index in [0.717, 1.165) is 11.1 Å². The molecule has 0 saturated carbocycles. The molecule has 1 atom stereocenters. The number of rotatable bonds is 10. The van der Waals surface area contributed by atoms with Gasteiger partial charge in [-0.3, -0.25) is 9.13 Å². The van der Waals surface area contributed by atoms with Gasteiger partial charge in [0, 0.05) is 5.30 Å². The topological polar surface area (TPSA) is 61.8 Å². The van der Waals surface area contributed by atoms with E-state index in [2.05, 4.69) is 0 Å². The maximum Gasteiger partial charge on any atom is 0.367 e. The van der Waals surface area contributed by atoms with Crippen molar-refractivity contribution in [2.75, 3.05) is 19.8 Å². The third kappa shape index (κ3) is 5.31. The first-order valence-corrected chi connectivity index (χ1v) is 12.5. The van der Waals surface area contributed by atoms with Crippen LogP contribution in [0, 0.1) is 6.92 Å². The molecule has 28 heavy (non-hydrogen) atoms. The van der Waals surface area contributed by atoms with Crippen molar-refractivity contribution >= 4 is 26.3 Å². The van der Waals surface area contributed by atoms with Crippen LogP contribution in [0.2, 0.25) is 0 Å². The summed E-state index contributed by atoms with van der Waals surface area (Å²) < 4.78 is 44.9. The Morgan fingerprint density at radius 2 is 1.46 bits per heavy atom. The zero-order valence-corrected chi connectivity index (χ0v) is 18.6. The van der Waals surface area contributed by atoms with Crippen molar-refractivity contribution < 1.29 is 22.7 Å². The Bertz CT molecular complexity index is 883. The fraction of sp³-hybridized carbons (Fsp3) is 0.333. The van der Waals surface area contributed by atoms with E-state index in [1.165, 1.54) is 0 Å². The van der Waals surface area contributed by atoms with Crippen LogP contribution in [0.15, 0.2) is 59.7 Å². The van der Waals surface area contributed by atoms with E-state index in [0.29, 0.717) is 5.30 Å². The van der Waals surface area contributed by atoms with E-state index in [-0.39, 0.29) is 24.9 Å². The van der Waals surface area contributed by atoms with Crippen molar-refractivity contribution in [3.05, 3.63) is 70.8 Å². The van der Waals surface area contributed by atoms with Crippen LogP contribution < -0.4 is 5.30 Å². The Balaban J connectivity index is 2.78. The van der Waals surface area contributed by atoms with E-state index in [9.17, 15) is 9.13 Å². The van der Waals surface area contributed by atoms with Gasteiger partial charge in [-0.2, -0.15) is 0 Å². The third-order valence-corrected chi connectivity index (χ3v) is 9.65. The smallest absolute Gasteiger partial charge is 0.322 e. The highest BCUT2D eigenvalue weighted by atomic mass is 31.2. The van der Waals surface area contributed by atoms with Crippen molar-refractivity contribution in [3.63, 3.8) is 0 Å². The minimum atomic E-state index is -3.85. The second-order valence-electron chi connectivity index (χ2n) is 6.05. The van der Waals surface area contributed by atoms with E-state index < -0.39 is 15.0 Å². The molecule has 0 aromatic heterocycles. The van der Waals surface area contributed by atoms with E-state index in [1.807, 2.05) is 49.4 Å². The molecular weight excluding hydrogens is 394 g/mol. The predicted molar refractivity (Wildman–Crippen MR) is 115 cm³/mol. The van der Waals surface area contributed by atoms with Crippen LogP contribution >= 0.6 is 15.0 Å². The summed E-state index contributed by atoms with van der Waals surface area (Å²) in [7, 11) is -7.56. The number of hydrogen-bond acceptors (Lipinski definition) is 5. The summed E-state index contributed by atoms with van der Waals surface area (Å²) >= 11 is 0. The molecule has 152 valence electrons. The molecule has 0 aliphatic heterocycles. The van der Waals surface area contributed by atoms with Gasteiger partial charge in [0.25, 0.3) is 7.37 Å². The molecule has 0 radical (unpaired) electrons. The molecule has 0 bridgehead atoms. The van der Waals surface area contributed by atoms with Gasteiger partial charge in [-0.05, 0) is 51.5 Å². The standard InChI is InChI=1S/C21H28O5P2/c1-5-24-27(22,20-15-11-12-18(4)16-20)21(17-19-13-9-8-10-14-19)28(23,25-6-2)26-7-3/h8-17H,5-7H2,1-4H3/b21-17-. The zero-order chi connectivity index (χ0) is 20.6.